The number of rotatable bonds is 7. The van der Waals surface area contributed by atoms with Crippen LogP contribution < -0.4 is 5.32 Å². The largest absolute Gasteiger partial charge is 0.327 e. The number of hydrogen-bond donors (Lipinski definition) is 1. The molecule has 0 saturated carbocycles. The van der Waals surface area contributed by atoms with E-state index in [-0.39, 0.29) is 11.8 Å². The number of piperidine rings is 1. The highest BCUT2D eigenvalue weighted by atomic mass is 16.2. The highest BCUT2D eigenvalue weighted by Gasteiger charge is 2.32. The predicted molar refractivity (Wildman–Crippen MR) is 114 cm³/mol. The Balaban J connectivity index is 1.46. The van der Waals surface area contributed by atoms with Crippen LogP contribution in [-0.4, -0.2) is 38.0 Å². The topological polar surface area (TPSA) is 80.1 Å². The maximum Gasteiger partial charge on any atom is 0.253 e. The Kier molecular flexibility index (Phi) is 6.17. The number of nitrogens with one attached hydrogen (secondary N) is 1. The lowest BCUT2D eigenvalue weighted by molar-refractivity contribution is -0.141. The summed E-state index contributed by atoms with van der Waals surface area (Å²) in [6.07, 6.45) is 8.49. The van der Waals surface area contributed by atoms with Gasteiger partial charge in [-0.05, 0) is 42.5 Å². The number of aryl methyl sites for hydroxylation is 2. The Hall–Kier alpha value is -3.48. The second kappa shape index (κ2) is 9.35. The van der Waals surface area contributed by atoms with E-state index in [1.54, 1.807) is 28.0 Å². The molecule has 2 amide bonds. The number of nitrogens with zero attached hydrogens (tertiary/aromatic N) is 4. The second-order valence-electron chi connectivity index (χ2n) is 7.42. The van der Waals surface area contributed by atoms with Gasteiger partial charge in [0, 0.05) is 44.2 Å². The van der Waals surface area contributed by atoms with Gasteiger partial charge in [0.15, 0.2) is 5.82 Å². The van der Waals surface area contributed by atoms with Crippen molar-refractivity contribution in [3.8, 4) is 0 Å². The summed E-state index contributed by atoms with van der Waals surface area (Å²) in [6, 6.07) is 14.5. The van der Waals surface area contributed by atoms with Gasteiger partial charge in [-0.1, -0.05) is 30.3 Å². The molecule has 1 unspecified atom stereocenters. The molecule has 1 atom stereocenters. The quantitative estimate of drug-likeness (QED) is 0.657. The van der Waals surface area contributed by atoms with E-state index in [1.807, 2.05) is 48.7 Å². The average Bonchev–Trinajstić information content (AvgIpc) is 3.22. The van der Waals surface area contributed by atoms with Crippen molar-refractivity contribution in [3.63, 3.8) is 0 Å². The molecular weight excluding hydrogens is 378 g/mol. The molecule has 1 fully saturated rings. The van der Waals surface area contributed by atoms with Gasteiger partial charge in [-0.2, -0.15) is 5.10 Å². The zero-order chi connectivity index (χ0) is 20.8. The van der Waals surface area contributed by atoms with Crippen LogP contribution in [0.2, 0.25) is 0 Å². The van der Waals surface area contributed by atoms with Gasteiger partial charge in [0.05, 0.1) is 0 Å². The van der Waals surface area contributed by atoms with Crippen molar-refractivity contribution in [2.24, 2.45) is 0 Å². The van der Waals surface area contributed by atoms with Crippen molar-refractivity contribution in [1.29, 1.82) is 0 Å². The number of aromatic nitrogens is 3. The van der Waals surface area contributed by atoms with Crippen molar-refractivity contribution in [3.05, 3.63) is 78.2 Å². The monoisotopic (exact) mass is 403 g/mol. The molecule has 1 aliphatic heterocycles. The normalized spacial score (nSPS) is 15.1. The van der Waals surface area contributed by atoms with E-state index in [2.05, 4.69) is 15.4 Å². The molecule has 30 heavy (non-hydrogen) atoms. The summed E-state index contributed by atoms with van der Waals surface area (Å²) >= 11 is 0. The fourth-order valence-corrected chi connectivity index (χ4v) is 3.75. The van der Waals surface area contributed by atoms with Gasteiger partial charge in [0.1, 0.15) is 6.04 Å². The number of pyridine rings is 1. The average molecular weight is 403 g/mol. The van der Waals surface area contributed by atoms with Gasteiger partial charge < -0.3 is 10.2 Å². The third-order valence-corrected chi connectivity index (χ3v) is 5.31. The summed E-state index contributed by atoms with van der Waals surface area (Å²) in [7, 11) is 0. The molecule has 3 aromatic rings. The molecule has 2 aromatic heterocycles. The van der Waals surface area contributed by atoms with Crippen LogP contribution in [0.4, 0.5) is 5.82 Å². The van der Waals surface area contributed by atoms with Crippen LogP contribution in [0.25, 0.3) is 0 Å². The minimum atomic E-state index is -0.652. The fraction of sp³-hybridized carbons (Fsp3) is 0.304. The number of carbonyl (C=O) groups is 2. The van der Waals surface area contributed by atoms with Crippen LogP contribution in [0, 0.1) is 0 Å². The van der Waals surface area contributed by atoms with Crippen molar-refractivity contribution in [2.75, 3.05) is 11.9 Å². The number of hydrogen-bond acceptors (Lipinski definition) is 4. The maximum absolute atomic E-state index is 13.2. The SMILES string of the molecule is O=C(Nc1ccn(CCc2ccncc2)n1)C(c1ccccc1)N1CCCCC1=O. The van der Waals surface area contributed by atoms with Gasteiger partial charge in [0.25, 0.3) is 5.91 Å². The van der Waals surface area contributed by atoms with E-state index in [4.69, 9.17) is 0 Å². The molecule has 0 bridgehead atoms. The number of amides is 2. The molecule has 4 rings (SSSR count). The Morgan fingerprint density at radius 1 is 1.07 bits per heavy atom. The van der Waals surface area contributed by atoms with Gasteiger partial charge >= 0.3 is 0 Å². The molecule has 3 heterocycles. The lowest BCUT2D eigenvalue weighted by Crippen LogP contribution is -2.43. The lowest BCUT2D eigenvalue weighted by atomic mass is 10.0. The summed E-state index contributed by atoms with van der Waals surface area (Å²) in [6.45, 7) is 1.29. The first-order valence-corrected chi connectivity index (χ1v) is 10.3. The van der Waals surface area contributed by atoms with Crippen molar-refractivity contribution >= 4 is 17.6 Å². The molecule has 1 aromatic carbocycles. The van der Waals surface area contributed by atoms with Crippen LogP contribution in [0.1, 0.15) is 36.4 Å². The van der Waals surface area contributed by atoms with Crippen LogP contribution >= 0.6 is 0 Å². The Bertz CT molecular complexity index is 987. The van der Waals surface area contributed by atoms with E-state index in [9.17, 15) is 9.59 Å². The second-order valence-corrected chi connectivity index (χ2v) is 7.42. The standard InChI is InChI=1S/C23H25N5O2/c29-21-8-4-5-15-28(21)22(19-6-2-1-3-7-19)23(30)25-20-12-17-27(26-20)16-11-18-9-13-24-14-10-18/h1-3,6-7,9-10,12-14,17,22H,4-5,8,11,15-16H2,(H,25,26,30). The van der Waals surface area contributed by atoms with Gasteiger partial charge in [-0.25, -0.2) is 0 Å². The summed E-state index contributed by atoms with van der Waals surface area (Å²) < 4.78 is 1.81. The molecular formula is C23H25N5O2. The van der Waals surface area contributed by atoms with Gasteiger partial charge in [0.2, 0.25) is 5.91 Å². The molecule has 0 radical (unpaired) electrons. The molecule has 0 spiro atoms. The highest BCUT2D eigenvalue weighted by Crippen LogP contribution is 2.26. The minimum Gasteiger partial charge on any atom is -0.327 e. The van der Waals surface area contributed by atoms with Gasteiger partial charge in [-0.3, -0.25) is 19.3 Å². The summed E-state index contributed by atoms with van der Waals surface area (Å²) in [4.78, 5) is 31.4. The fourth-order valence-electron chi connectivity index (χ4n) is 3.75. The van der Waals surface area contributed by atoms with E-state index < -0.39 is 6.04 Å². The molecule has 154 valence electrons. The third kappa shape index (κ3) is 4.74. The van der Waals surface area contributed by atoms with Crippen LogP contribution in [0.15, 0.2) is 67.1 Å². The Morgan fingerprint density at radius 3 is 2.63 bits per heavy atom. The molecule has 0 aliphatic carbocycles. The first-order chi connectivity index (χ1) is 14.7. The maximum atomic E-state index is 13.2. The predicted octanol–water partition coefficient (Wildman–Crippen LogP) is 3.21. The lowest BCUT2D eigenvalue weighted by Gasteiger charge is -2.33. The van der Waals surface area contributed by atoms with Crippen LogP contribution in [-0.2, 0) is 22.6 Å². The van der Waals surface area contributed by atoms with E-state index in [1.165, 1.54) is 5.56 Å². The zero-order valence-corrected chi connectivity index (χ0v) is 16.8. The molecule has 1 aliphatic rings. The van der Waals surface area contributed by atoms with Crippen molar-refractivity contribution < 1.29 is 9.59 Å². The molecule has 1 N–H and O–H groups in total. The van der Waals surface area contributed by atoms with Crippen molar-refractivity contribution in [2.45, 2.75) is 38.3 Å². The highest BCUT2D eigenvalue weighted by molar-refractivity contribution is 5.97. The molecule has 7 nitrogen and oxygen atoms in total. The number of benzene rings is 1. The smallest absolute Gasteiger partial charge is 0.253 e. The van der Waals surface area contributed by atoms with E-state index in [0.29, 0.717) is 25.3 Å². The first-order valence-electron chi connectivity index (χ1n) is 10.3. The zero-order valence-electron chi connectivity index (χ0n) is 16.8. The summed E-state index contributed by atoms with van der Waals surface area (Å²) in [5.74, 6) is 0.268. The Labute approximate surface area is 175 Å². The summed E-state index contributed by atoms with van der Waals surface area (Å²) in [5, 5.41) is 7.37. The van der Waals surface area contributed by atoms with Crippen LogP contribution in [0.3, 0.4) is 0 Å². The molecule has 1 saturated heterocycles. The van der Waals surface area contributed by atoms with E-state index in [0.717, 1.165) is 24.8 Å². The number of anilines is 1. The van der Waals surface area contributed by atoms with Gasteiger partial charge in [-0.15, -0.1) is 0 Å². The van der Waals surface area contributed by atoms with Crippen molar-refractivity contribution in [1.82, 2.24) is 19.7 Å². The molecule has 7 heteroatoms. The van der Waals surface area contributed by atoms with E-state index >= 15 is 0 Å². The minimum absolute atomic E-state index is 0.0214. The number of likely N-dealkylation sites (tertiary alicyclic amines) is 1. The third-order valence-electron chi connectivity index (χ3n) is 5.31. The summed E-state index contributed by atoms with van der Waals surface area (Å²) in [5.41, 5.74) is 1.99. The first kappa shape index (κ1) is 19.8. The Morgan fingerprint density at radius 2 is 1.87 bits per heavy atom. The van der Waals surface area contributed by atoms with Crippen LogP contribution in [0.5, 0.6) is 0 Å². The number of carbonyl (C=O) groups excluding carboxylic acids is 2.